The van der Waals surface area contributed by atoms with Gasteiger partial charge in [0.2, 0.25) is 10.0 Å². The molecular formula is C14H15N3O2S. The summed E-state index contributed by atoms with van der Waals surface area (Å²) < 4.78 is 26.5. The van der Waals surface area contributed by atoms with Crippen LogP contribution in [0.4, 0.5) is 0 Å². The molecule has 2 aromatic rings. The molecule has 1 aromatic heterocycles. The third-order valence-electron chi connectivity index (χ3n) is 3.27. The van der Waals surface area contributed by atoms with Gasteiger partial charge >= 0.3 is 0 Å². The maximum atomic E-state index is 12.7. The number of rotatable bonds is 4. The summed E-state index contributed by atoms with van der Waals surface area (Å²) in [5.41, 5.74) is 0.634. The van der Waals surface area contributed by atoms with E-state index in [9.17, 15) is 8.42 Å². The zero-order chi connectivity index (χ0) is 14.8. The Morgan fingerprint density at radius 3 is 2.80 bits per heavy atom. The van der Waals surface area contributed by atoms with E-state index < -0.39 is 10.0 Å². The standard InChI is InChI=1S/C14H15N3O2S/c1-11(8-9-15)17(2)20(18,19)14-7-3-6-13-12(14)5-4-10-16-13/h3-7,10-11H,8H2,1-2H3. The first-order valence-corrected chi connectivity index (χ1v) is 7.61. The van der Waals surface area contributed by atoms with Gasteiger partial charge in [0.25, 0.3) is 0 Å². The fourth-order valence-corrected chi connectivity index (χ4v) is 3.51. The van der Waals surface area contributed by atoms with Gasteiger partial charge in [0.1, 0.15) is 0 Å². The minimum absolute atomic E-state index is 0.152. The molecule has 5 nitrogen and oxygen atoms in total. The summed E-state index contributed by atoms with van der Waals surface area (Å²) in [6.07, 6.45) is 1.78. The Bertz CT molecular complexity index is 760. The van der Waals surface area contributed by atoms with Crippen LogP contribution in [0.15, 0.2) is 41.4 Å². The average Bonchev–Trinajstić information content (AvgIpc) is 2.46. The molecule has 0 fully saturated rings. The average molecular weight is 289 g/mol. The van der Waals surface area contributed by atoms with Gasteiger partial charge in [-0.15, -0.1) is 0 Å². The molecule has 1 unspecified atom stereocenters. The summed E-state index contributed by atoms with van der Waals surface area (Å²) in [4.78, 5) is 4.38. The molecule has 2 rings (SSSR count). The molecule has 0 saturated heterocycles. The van der Waals surface area contributed by atoms with Gasteiger partial charge in [-0.05, 0) is 31.2 Å². The number of pyridine rings is 1. The van der Waals surface area contributed by atoms with Crippen molar-refractivity contribution in [2.24, 2.45) is 0 Å². The summed E-state index contributed by atoms with van der Waals surface area (Å²) >= 11 is 0. The SMILES string of the molecule is CC(CC#N)N(C)S(=O)(=O)c1cccc2ncccc12. The number of sulfonamides is 1. The first kappa shape index (κ1) is 14.4. The van der Waals surface area contributed by atoms with E-state index in [4.69, 9.17) is 5.26 Å². The van der Waals surface area contributed by atoms with Crippen molar-refractivity contribution in [3.05, 3.63) is 36.5 Å². The predicted molar refractivity (Wildman–Crippen MR) is 76.4 cm³/mol. The van der Waals surface area contributed by atoms with Crippen LogP contribution in [-0.2, 0) is 10.0 Å². The molecule has 0 N–H and O–H groups in total. The second-order valence-electron chi connectivity index (χ2n) is 4.56. The zero-order valence-corrected chi connectivity index (χ0v) is 12.1. The lowest BCUT2D eigenvalue weighted by molar-refractivity contribution is 0.393. The largest absolute Gasteiger partial charge is 0.256 e. The number of hydrogen-bond acceptors (Lipinski definition) is 4. The third-order valence-corrected chi connectivity index (χ3v) is 5.30. The van der Waals surface area contributed by atoms with Crippen molar-refractivity contribution >= 4 is 20.9 Å². The Kier molecular flexibility index (Phi) is 4.02. The molecule has 0 radical (unpaired) electrons. The van der Waals surface area contributed by atoms with Crippen molar-refractivity contribution in [2.75, 3.05) is 7.05 Å². The van der Waals surface area contributed by atoms with Crippen LogP contribution in [0, 0.1) is 11.3 Å². The Balaban J connectivity index is 2.55. The van der Waals surface area contributed by atoms with Crippen LogP contribution in [0.25, 0.3) is 10.9 Å². The van der Waals surface area contributed by atoms with Gasteiger partial charge in [0, 0.05) is 24.7 Å². The van der Waals surface area contributed by atoms with Crippen LogP contribution < -0.4 is 0 Å². The normalized spacial score (nSPS) is 13.3. The molecule has 0 amide bonds. The summed E-state index contributed by atoms with van der Waals surface area (Å²) in [5, 5.41) is 9.30. The third kappa shape index (κ3) is 2.50. The number of nitrogens with zero attached hydrogens (tertiary/aromatic N) is 3. The van der Waals surface area contributed by atoms with E-state index in [-0.39, 0.29) is 17.4 Å². The van der Waals surface area contributed by atoms with Crippen molar-refractivity contribution in [1.29, 1.82) is 5.26 Å². The summed E-state index contributed by atoms with van der Waals surface area (Å²) in [7, 11) is -2.15. The van der Waals surface area contributed by atoms with E-state index in [0.717, 1.165) is 0 Å². The molecule has 20 heavy (non-hydrogen) atoms. The van der Waals surface area contributed by atoms with E-state index in [1.807, 2.05) is 6.07 Å². The highest BCUT2D eigenvalue weighted by Crippen LogP contribution is 2.25. The molecule has 1 aromatic carbocycles. The molecule has 1 atom stereocenters. The maximum absolute atomic E-state index is 12.7. The highest BCUT2D eigenvalue weighted by molar-refractivity contribution is 7.89. The molecule has 0 saturated carbocycles. The fraction of sp³-hybridized carbons (Fsp3) is 0.286. The molecule has 104 valence electrons. The van der Waals surface area contributed by atoms with E-state index in [1.54, 1.807) is 43.5 Å². The Morgan fingerprint density at radius 1 is 1.35 bits per heavy atom. The number of nitriles is 1. The van der Waals surface area contributed by atoms with Crippen LogP contribution in [-0.4, -0.2) is 30.8 Å². The van der Waals surface area contributed by atoms with Gasteiger partial charge < -0.3 is 0 Å². The van der Waals surface area contributed by atoms with Crippen LogP contribution in [0.5, 0.6) is 0 Å². The molecule has 0 aliphatic rings. The van der Waals surface area contributed by atoms with Crippen molar-refractivity contribution in [3.63, 3.8) is 0 Å². The van der Waals surface area contributed by atoms with E-state index in [1.165, 1.54) is 11.4 Å². The number of fused-ring (bicyclic) bond motifs is 1. The first-order chi connectivity index (χ1) is 9.48. The Hall–Kier alpha value is -1.97. The molecule has 6 heteroatoms. The molecule has 0 aliphatic heterocycles. The van der Waals surface area contributed by atoms with Gasteiger partial charge in [-0.3, -0.25) is 4.98 Å². The van der Waals surface area contributed by atoms with Crippen LogP contribution in [0.2, 0.25) is 0 Å². The number of aromatic nitrogens is 1. The van der Waals surface area contributed by atoms with Gasteiger partial charge in [-0.1, -0.05) is 6.07 Å². The van der Waals surface area contributed by atoms with Crippen LogP contribution in [0.3, 0.4) is 0 Å². The highest BCUT2D eigenvalue weighted by Gasteiger charge is 2.26. The van der Waals surface area contributed by atoms with Crippen LogP contribution >= 0.6 is 0 Å². The van der Waals surface area contributed by atoms with Crippen molar-refractivity contribution in [1.82, 2.24) is 9.29 Å². The van der Waals surface area contributed by atoms with E-state index in [0.29, 0.717) is 10.9 Å². The van der Waals surface area contributed by atoms with Crippen molar-refractivity contribution in [3.8, 4) is 6.07 Å². The molecule has 1 heterocycles. The zero-order valence-electron chi connectivity index (χ0n) is 11.3. The number of benzene rings is 1. The Morgan fingerprint density at radius 2 is 2.10 bits per heavy atom. The molecule has 0 aliphatic carbocycles. The molecular weight excluding hydrogens is 274 g/mol. The fourth-order valence-electron chi connectivity index (χ4n) is 1.95. The van der Waals surface area contributed by atoms with Gasteiger partial charge in [0.15, 0.2) is 0 Å². The number of hydrogen-bond donors (Lipinski definition) is 0. The van der Waals surface area contributed by atoms with Crippen molar-refractivity contribution in [2.45, 2.75) is 24.3 Å². The van der Waals surface area contributed by atoms with Crippen molar-refractivity contribution < 1.29 is 8.42 Å². The monoisotopic (exact) mass is 289 g/mol. The highest BCUT2D eigenvalue weighted by atomic mass is 32.2. The summed E-state index contributed by atoms with van der Waals surface area (Å²) in [6, 6.07) is 10.1. The van der Waals surface area contributed by atoms with Gasteiger partial charge in [-0.25, -0.2) is 8.42 Å². The summed E-state index contributed by atoms with van der Waals surface area (Å²) in [6.45, 7) is 1.71. The topological polar surface area (TPSA) is 74.1 Å². The van der Waals surface area contributed by atoms with Crippen LogP contribution in [0.1, 0.15) is 13.3 Å². The minimum atomic E-state index is -3.64. The molecule has 0 spiro atoms. The van der Waals surface area contributed by atoms with Gasteiger partial charge in [0.05, 0.1) is 22.9 Å². The second-order valence-corrected chi connectivity index (χ2v) is 6.52. The van der Waals surface area contributed by atoms with E-state index in [2.05, 4.69) is 4.98 Å². The van der Waals surface area contributed by atoms with Gasteiger partial charge in [-0.2, -0.15) is 9.57 Å². The Labute approximate surface area is 118 Å². The predicted octanol–water partition coefficient (Wildman–Crippen LogP) is 2.16. The second kappa shape index (κ2) is 5.57. The molecule has 0 bridgehead atoms. The van der Waals surface area contributed by atoms with E-state index >= 15 is 0 Å². The lowest BCUT2D eigenvalue weighted by Gasteiger charge is -2.23. The lowest BCUT2D eigenvalue weighted by Crippen LogP contribution is -2.34. The lowest BCUT2D eigenvalue weighted by atomic mass is 10.2. The minimum Gasteiger partial charge on any atom is -0.256 e. The smallest absolute Gasteiger partial charge is 0.243 e. The quantitative estimate of drug-likeness (QED) is 0.864. The maximum Gasteiger partial charge on any atom is 0.243 e. The first-order valence-electron chi connectivity index (χ1n) is 6.17. The summed E-state index contributed by atoms with van der Waals surface area (Å²) in [5.74, 6) is 0.